The summed E-state index contributed by atoms with van der Waals surface area (Å²) in [5.74, 6) is -0.105. The molecule has 23 heavy (non-hydrogen) atoms. The van der Waals surface area contributed by atoms with Gasteiger partial charge >= 0.3 is 6.09 Å². The predicted molar refractivity (Wildman–Crippen MR) is 87.2 cm³/mol. The highest BCUT2D eigenvalue weighted by Gasteiger charge is 2.33. The minimum Gasteiger partial charge on any atom is -0.493 e. The molecular formula is C15H17ClN4O3. The first kappa shape index (κ1) is 15.6. The summed E-state index contributed by atoms with van der Waals surface area (Å²) in [5.41, 5.74) is 1.12. The number of carbonyl (C=O) groups is 1. The van der Waals surface area contributed by atoms with E-state index in [2.05, 4.69) is 9.97 Å². The van der Waals surface area contributed by atoms with Crippen molar-refractivity contribution in [3.8, 4) is 5.88 Å². The van der Waals surface area contributed by atoms with Crippen molar-refractivity contribution in [2.45, 2.75) is 25.9 Å². The fourth-order valence-corrected chi connectivity index (χ4v) is 3.46. The SMILES string of the molecule is C[C@@H]1CN(c2cnc3nc(O)ccc3c2Cl)C[C@H](C)N1C(=O)O. The Morgan fingerprint density at radius 1 is 1.30 bits per heavy atom. The number of anilines is 1. The van der Waals surface area contributed by atoms with Crippen LogP contribution in [-0.2, 0) is 0 Å². The van der Waals surface area contributed by atoms with E-state index in [1.807, 2.05) is 18.7 Å². The Morgan fingerprint density at radius 2 is 1.96 bits per heavy atom. The molecular weight excluding hydrogens is 320 g/mol. The molecule has 7 nitrogen and oxygen atoms in total. The average Bonchev–Trinajstić information content (AvgIpc) is 2.46. The van der Waals surface area contributed by atoms with Gasteiger partial charge in [-0.2, -0.15) is 4.98 Å². The molecule has 0 spiro atoms. The molecule has 3 rings (SSSR count). The highest BCUT2D eigenvalue weighted by atomic mass is 35.5. The number of pyridine rings is 2. The molecule has 1 fully saturated rings. The van der Waals surface area contributed by atoms with E-state index < -0.39 is 6.09 Å². The summed E-state index contributed by atoms with van der Waals surface area (Å²) in [5, 5.41) is 19.9. The molecule has 0 aromatic carbocycles. The van der Waals surface area contributed by atoms with Crippen LogP contribution in [0.15, 0.2) is 18.3 Å². The van der Waals surface area contributed by atoms with Gasteiger partial charge in [0.25, 0.3) is 0 Å². The zero-order valence-electron chi connectivity index (χ0n) is 12.8. The molecule has 2 atom stereocenters. The van der Waals surface area contributed by atoms with Crippen molar-refractivity contribution in [1.82, 2.24) is 14.9 Å². The normalized spacial score (nSPS) is 21.7. The number of carboxylic acid groups (broad SMARTS) is 1. The summed E-state index contributed by atoms with van der Waals surface area (Å²) in [6, 6.07) is 2.84. The van der Waals surface area contributed by atoms with Gasteiger partial charge in [0.05, 0.1) is 29.0 Å². The molecule has 8 heteroatoms. The average molecular weight is 337 g/mol. The molecule has 0 radical (unpaired) electrons. The van der Waals surface area contributed by atoms with Gasteiger partial charge < -0.3 is 15.1 Å². The van der Waals surface area contributed by atoms with Crippen molar-refractivity contribution in [2.24, 2.45) is 0 Å². The van der Waals surface area contributed by atoms with Crippen LogP contribution in [0, 0.1) is 0 Å². The van der Waals surface area contributed by atoms with Crippen molar-refractivity contribution in [3.63, 3.8) is 0 Å². The minimum atomic E-state index is -0.910. The van der Waals surface area contributed by atoms with Crippen LogP contribution in [0.2, 0.25) is 5.02 Å². The molecule has 3 heterocycles. The first-order valence-corrected chi connectivity index (χ1v) is 7.66. The van der Waals surface area contributed by atoms with Crippen molar-refractivity contribution >= 4 is 34.4 Å². The third-order valence-corrected chi connectivity index (χ3v) is 4.51. The molecule has 1 aliphatic rings. The Labute approximate surface area is 138 Å². The standard InChI is InChI=1S/C15H17ClN4O3/c1-8-6-19(7-9(2)20(8)15(22)23)11-5-17-14-10(13(11)16)3-4-12(21)18-14/h3-5,8-9H,6-7H2,1-2H3,(H,22,23)(H,17,18,21)/t8-,9+. The molecule has 1 aliphatic heterocycles. The van der Waals surface area contributed by atoms with Crippen LogP contribution < -0.4 is 4.90 Å². The van der Waals surface area contributed by atoms with E-state index in [4.69, 9.17) is 11.6 Å². The molecule has 0 unspecified atom stereocenters. The lowest BCUT2D eigenvalue weighted by molar-refractivity contribution is 0.0983. The second kappa shape index (κ2) is 5.73. The number of halogens is 1. The third-order valence-electron chi connectivity index (χ3n) is 4.11. The number of amides is 1. The van der Waals surface area contributed by atoms with Crippen LogP contribution in [0.1, 0.15) is 13.8 Å². The van der Waals surface area contributed by atoms with Gasteiger partial charge in [0.2, 0.25) is 5.88 Å². The number of aromatic nitrogens is 2. The van der Waals surface area contributed by atoms with E-state index in [9.17, 15) is 15.0 Å². The second-order valence-electron chi connectivity index (χ2n) is 5.79. The summed E-state index contributed by atoms with van der Waals surface area (Å²) in [7, 11) is 0. The zero-order chi connectivity index (χ0) is 16.7. The Morgan fingerprint density at radius 3 is 2.57 bits per heavy atom. The first-order chi connectivity index (χ1) is 10.9. The molecule has 122 valence electrons. The summed E-state index contributed by atoms with van der Waals surface area (Å²) >= 11 is 6.49. The summed E-state index contributed by atoms with van der Waals surface area (Å²) < 4.78 is 0. The topological polar surface area (TPSA) is 89.8 Å². The van der Waals surface area contributed by atoms with E-state index in [1.54, 1.807) is 12.3 Å². The van der Waals surface area contributed by atoms with Gasteiger partial charge in [-0.1, -0.05) is 11.6 Å². The molecule has 0 saturated carbocycles. The molecule has 1 saturated heterocycles. The second-order valence-corrected chi connectivity index (χ2v) is 6.17. The van der Waals surface area contributed by atoms with Gasteiger partial charge in [0.15, 0.2) is 5.65 Å². The van der Waals surface area contributed by atoms with Gasteiger partial charge in [-0.15, -0.1) is 0 Å². The highest BCUT2D eigenvalue weighted by Crippen LogP contribution is 2.34. The van der Waals surface area contributed by atoms with E-state index in [-0.39, 0.29) is 18.0 Å². The fraction of sp³-hybridized carbons (Fsp3) is 0.400. The summed E-state index contributed by atoms with van der Waals surface area (Å²) in [6.07, 6.45) is 0.708. The van der Waals surface area contributed by atoms with E-state index >= 15 is 0 Å². The number of fused-ring (bicyclic) bond motifs is 1. The summed E-state index contributed by atoms with van der Waals surface area (Å²) in [4.78, 5) is 23.0. The van der Waals surface area contributed by atoms with Crippen LogP contribution in [0.4, 0.5) is 10.5 Å². The monoisotopic (exact) mass is 336 g/mol. The van der Waals surface area contributed by atoms with Crippen LogP contribution in [0.5, 0.6) is 5.88 Å². The molecule has 2 aromatic rings. The highest BCUT2D eigenvalue weighted by molar-refractivity contribution is 6.37. The van der Waals surface area contributed by atoms with Crippen molar-refractivity contribution in [1.29, 1.82) is 0 Å². The van der Waals surface area contributed by atoms with E-state index in [0.29, 0.717) is 29.1 Å². The van der Waals surface area contributed by atoms with Crippen molar-refractivity contribution < 1.29 is 15.0 Å². The Hall–Kier alpha value is -2.28. The van der Waals surface area contributed by atoms with Gasteiger partial charge in [0.1, 0.15) is 0 Å². The maximum absolute atomic E-state index is 11.3. The smallest absolute Gasteiger partial charge is 0.407 e. The predicted octanol–water partition coefficient (Wildman–Crippen LogP) is 2.57. The number of rotatable bonds is 1. The van der Waals surface area contributed by atoms with Crippen molar-refractivity contribution in [2.75, 3.05) is 18.0 Å². The molecule has 2 aromatic heterocycles. The fourth-order valence-electron chi connectivity index (χ4n) is 3.14. The maximum atomic E-state index is 11.3. The number of hydrogen-bond donors (Lipinski definition) is 2. The third kappa shape index (κ3) is 2.72. The Bertz CT molecular complexity index is 758. The lowest BCUT2D eigenvalue weighted by Gasteiger charge is -2.44. The van der Waals surface area contributed by atoms with Gasteiger partial charge in [-0.25, -0.2) is 9.78 Å². The number of hydrogen-bond acceptors (Lipinski definition) is 5. The van der Waals surface area contributed by atoms with Crippen LogP contribution in [0.3, 0.4) is 0 Å². The molecule has 0 aliphatic carbocycles. The van der Waals surface area contributed by atoms with Gasteiger partial charge in [-0.3, -0.25) is 4.90 Å². The quantitative estimate of drug-likeness (QED) is 0.832. The minimum absolute atomic E-state index is 0.105. The van der Waals surface area contributed by atoms with Crippen LogP contribution in [0.25, 0.3) is 11.0 Å². The zero-order valence-corrected chi connectivity index (χ0v) is 13.5. The largest absolute Gasteiger partial charge is 0.493 e. The molecule has 1 amide bonds. The van der Waals surface area contributed by atoms with Gasteiger partial charge in [-0.05, 0) is 19.9 Å². The number of aromatic hydroxyl groups is 1. The first-order valence-electron chi connectivity index (χ1n) is 7.29. The van der Waals surface area contributed by atoms with Gasteiger partial charge in [0, 0.05) is 24.5 Å². The summed E-state index contributed by atoms with van der Waals surface area (Å²) in [6.45, 7) is 4.82. The van der Waals surface area contributed by atoms with E-state index in [1.165, 1.54) is 11.0 Å². The van der Waals surface area contributed by atoms with Crippen molar-refractivity contribution in [3.05, 3.63) is 23.4 Å². The number of piperazine rings is 1. The lowest BCUT2D eigenvalue weighted by atomic mass is 10.1. The van der Waals surface area contributed by atoms with Crippen LogP contribution >= 0.6 is 11.6 Å². The number of nitrogens with zero attached hydrogens (tertiary/aromatic N) is 4. The van der Waals surface area contributed by atoms with E-state index in [0.717, 1.165) is 5.69 Å². The van der Waals surface area contributed by atoms with Crippen LogP contribution in [-0.4, -0.2) is 56.3 Å². The molecule has 2 N–H and O–H groups in total. The molecule has 0 bridgehead atoms. The lowest BCUT2D eigenvalue weighted by Crippen LogP contribution is -2.58. The maximum Gasteiger partial charge on any atom is 0.407 e. The Kier molecular flexibility index (Phi) is 3.89. The Balaban J connectivity index is 1.96.